The monoisotopic (exact) mass is 268 g/mol. The molecule has 0 radical (unpaired) electrons. The van der Waals surface area contributed by atoms with Gasteiger partial charge in [-0.25, -0.2) is 0 Å². The molecule has 0 heterocycles. The van der Waals surface area contributed by atoms with Crippen LogP contribution < -0.4 is 4.74 Å². The minimum absolute atomic E-state index is 0.0697. The molecule has 0 aliphatic rings. The largest absolute Gasteiger partial charge is 0.491 e. The molecule has 5 nitrogen and oxygen atoms in total. The Hall–Kier alpha value is -1.63. The molecule has 0 aliphatic carbocycles. The third-order valence-electron chi connectivity index (χ3n) is 2.44. The zero-order valence-electron chi connectivity index (χ0n) is 9.41. The average molecular weight is 268 g/mol. The summed E-state index contributed by atoms with van der Waals surface area (Å²) in [6, 6.07) is 9.40. The van der Waals surface area contributed by atoms with Crippen LogP contribution >= 0.6 is 0 Å². The van der Waals surface area contributed by atoms with E-state index in [0.717, 1.165) is 5.39 Å². The molecule has 18 heavy (non-hydrogen) atoms. The van der Waals surface area contributed by atoms with Crippen LogP contribution in [0.5, 0.6) is 5.75 Å². The lowest BCUT2D eigenvalue weighted by Gasteiger charge is -2.06. The van der Waals surface area contributed by atoms with Gasteiger partial charge in [0.1, 0.15) is 12.4 Å². The summed E-state index contributed by atoms with van der Waals surface area (Å²) < 4.78 is 36.2. The Bertz CT molecular complexity index is 663. The number of ether oxygens (including phenoxy) is 1. The highest BCUT2D eigenvalue weighted by atomic mass is 32.2. The van der Waals surface area contributed by atoms with Crippen LogP contribution in [0.15, 0.2) is 41.3 Å². The van der Waals surface area contributed by atoms with Gasteiger partial charge in [0.25, 0.3) is 10.1 Å². The van der Waals surface area contributed by atoms with E-state index in [1.165, 1.54) is 12.1 Å². The van der Waals surface area contributed by atoms with Crippen LogP contribution in [0.3, 0.4) is 0 Å². The maximum atomic E-state index is 11.0. The van der Waals surface area contributed by atoms with Crippen molar-refractivity contribution in [3.05, 3.63) is 36.4 Å². The van der Waals surface area contributed by atoms with Gasteiger partial charge in [-0.15, -0.1) is 0 Å². The van der Waals surface area contributed by atoms with Gasteiger partial charge >= 0.3 is 0 Å². The van der Waals surface area contributed by atoms with E-state index in [-0.39, 0.29) is 18.1 Å². The van der Waals surface area contributed by atoms with Gasteiger partial charge in [-0.05, 0) is 35.0 Å². The highest BCUT2D eigenvalue weighted by Gasteiger charge is 2.09. The first-order chi connectivity index (χ1) is 8.50. The van der Waals surface area contributed by atoms with Crippen molar-refractivity contribution >= 4 is 20.9 Å². The Balaban J connectivity index is 2.42. The van der Waals surface area contributed by atoms with Gasteiger partial charge in [-0.2, -0.15) is 8.42 Å². The van der Waals surface area contributed by atoms with Crippen LogP contribution in [0.1, 0.15) is 0 Å². The highest BCUT2D eigenvalue weighted by molar-refractivity contribution is 7.85. The number of benzene rings is 2. The summed E-state index contributed by atoms with van der Waals surface area (Å²) in [5.74, 6) is 0.594. The third-order valence-corrected chi connectivity index (χ3v) is 3.29. The van der Waals surface area contributed by atoms with Crippen LogP contribution in [-0.4, -0.2) is 31.3 Å². The Morgan fingerprint density at radius 2 is 1.72 bits per heavy atom. The Morgan fingerprint density at radius 1 is 1.06 bits per heavy atom. The number of hydrogen-bond acceptors (Lipinski definition) is 4. The predicted octanol–water partition coefficient (Wildman–Crippen LogP) is 1.46. The van der Waals surface area contributed by atoms with E-state index in [4.69, 9.17) is 14.4 Å². The molecular formula is C12H12O5S. The Labute approximate surface area is 104 Å². The summed E-state index contributed by atoms with van der Waals surface area (Å²) in [4.78, 5) is -0.140. The topological polar surface area (TPSA) is 83.8 Å². The van der Waals surface area contributed by atoms with E-state index < -0.39 is 10.1 Å². The van der Waals surface area contributed by atoms with Gasteiger partial charge in [-0.1, -0.05) is 12.1 Å². The zero-order chi connectivity index (χ0) is 13.2. The van der Waals surface area contributed by atoms with Gasteiger partial charge in [0, 0.05) is 0 Å². The average Bonchev–Trinajstić information content (AvgIpc) is 2.34. The lowest BCUT2D eigenvalue weighted by Crippen LogP contribution is -2.01. The molecular weight excluding hydrogens is 256 g/mol. The predicted molar refractivity (Wildman–Crippen MR) is 66.3 cm³/mol. The molecule has 96 valence electrons. The lowest BCUT2D eigenvalue weighted by atomic mass is 10.1. The normalized spacial score (nSPS) is 11.7. The first-order valence-corrected chi connectivity index (χ1v) is 6.70. The second-order valence-electron chi connectivity index (χ2n) is 3.72. The van der Waals surface area contributed by atoms with Crippen LogP contribution in [0.4, 0.5) is 0 Å². The molecule has 0 spiro atoms. The second-order valence-corrected chi connectivity index (χ2v) is 5.14. The maximum absolute atomic E-state index is 11.0. The van der Waals surface area contributed by atoms with Crippen LogP contribution in [-0.2, 0) is 10.1 Å². The molecule has 0 aliphatic heterocycles. The van der Waals surface area contributed by atoms with E-state index >= 15 is 0 Å². The maximum Gasteiger partial charge on any atom is 0.294 e. The minimum Gasteiger partial charge on any atom is -0.491 e. The van der Waals surface area contributed by atoms with Crippen molar-refractivity contribution in [3.8, 4) is 5.75 Å². The Morgan fingerprint density at radius 3 is 2.39 bits per heavy atom. The SMILES string of the molecule is O=S(=O)(O)c1ccc2cc(OCCO)ccc2c1. The molecule has 2 aromatic rings. The van der Waals surface area contributed by atoms with Gasteiger partial charge in [0.15, 0.2) is 0 Å². The van der Waals surface area contributed by atoms with Crippen molar-refractivity contribution in [3.63, 3.8) is 0 Å². The number of aliphatic hydroxyl groups excluding tert-OH is 1. The molecule has 0 fully saturated rings. The summed E-state index contributed by atoms with van der Waals surface area (Å²) in [7, 11) is -4.18. The summed E-state index contributed by atoms with van der Waals surface area (Å²) in [6.45, 7) is 0.133. The fraction of sp³-hybridized carbons (Fsp3) is 0.167. The molecule has 0 atom stereocenters. The Kier molecular flexibility index (Phi) is 3.51. The summed E-state index contributed by atoms with van der Waals surface area (Å²) in [5.41, 5.74) is 0. The van der Waals surface area contributed by atoms with Gasteiger partial charge in [0.05, 0.1) is 11.5 Å². The number of hydrogen-bond donors (Lipinski definition) is 2. The molecule has 0 unspecified atom stereocenters. The third kappa shape index (κ3) is 2.79. The van der Waals surface area contributed by atoms with Crippen molar-refractivity contribution in [2.45, 2.75) is 4.90 Å². The van der Waals surface area contributed by atoms with Crippen molar-refractivity contribution in [2.24, 2.45) is 0 Å². The molecule has 0 aromatic heterocycles. The number of aliphatic hydroxyl groups is 1. The molecule has 2 N–H and O–H groups in total. The van der Waals surface area contributed by atoms with Crippen molar-refractivity contribution in [1.29, 1.82) is 0 Å². The standard InChI is InChI=1S/C12H12O5S/c13-5-6-17-11-3-1-10-8-12(18(14,15)16)4-2-9(10)7-11/h1-4,7-8,13H,5-6H2,(H,14,15,16). The molecule has 0 saturated carbocycles. The molecule has 2 aromatic carbocycles. The molecule has 0 saturated heterocycles. The van der Waals surface area contributed by atoms with Gasteiger partial charge < -0.3 is 9.84 Å². The fourth-order valence-corrected chi connectivity index (χ4v) is 2.13. The quantitative estimate of drug-likeness (QED) is 0.820. The molecule has 6 heteroatoms. The van der Waals surface area contributed by atoms with Crippen molar-refractivity contribution < 1.29 is 22.8 Å². The van der Waals surface area contributed by atoms with E-state index in [1.807, 2.05) is 0 Å². The summed E-state index contributed by atoms with van der Waals surface area (Å²) in [6.07, 6.45) is 0. The highest BCUT2D eigenvalue weighted by Crippen LogP contribution is 2.23. The van der Waals surface area contributed by atoms with Gasteiger partial charge in [0.2, 0.25) is 0 Å². The van der Waals surface area contributed by atoms with Crippen LogP contribution in [0.2, 0.25) is 0 Å². The van der Waals surface area contributed by atoms with E-state index in [2.05, 4.69) is 0 Å². The second kappa shape index (κ2) is 4.93. The lowest BCUT2D eigenvalue weighted by molar-refractivity contribution is 0.201. The van der Waals surface area contributed by atoms with Gasteiger partial charge in [-0.3, -0.25) is 4.55 Å². The molecule has 2 rings (SSSR count). The zero-order valence-corrected chi connectivity index (χ0v) is 10.2. The van der Waals surface area contributed by atoms with E-state index in [1.54, 1.807) is 24.3 Å². The minimum atomic E-state index is -4.18. The first-order valence-electron chi connectivity index (χ1n) is 5.26. The van der Waals surface area contributed by atoms with E-state index in [9.17, 15) is 8.42 Å². The smallest absolute Gasteiger partial charge is 0.294 e. The van der Waals surface area contributed by atoms with Crippen LogP contribution in [0.25, 0.3) is 10.8 Å². The first kappa shape index (κ1) is 12.8. The summed E-state index contributed by atoms with van der Waals surface area (Å²) in [5, 5.41) is 10.1. The molecule has 0 amide bonds. The summed E-state index contributed by atoms with van der Waals surface area (Å²) >= 11 is 0. The molecule has 0 bridgehead atoms. The number of rotatable bonds is 4. The van der Waals surface area contributed by atoms with Crippen LogP contribution in [0, 0.1) is 0 Å². The fourth-order valence-electron chi connectivity index (χ4n) is 1.62. The van der Waals surface area contributed by atoms with Crippen molar-refractivity contribution in [1.82, 2.24) is 0 Å². The van der Waals surface area contributed by atoms with Crippen molar-refractivity contribution in [2.75, 3.05) is 13.2 Å². The van der Waals surface area contributed by atoms with E-state index in [0.29, 0.717) is 11.1 Å². The number of fused-ring (bicyclic) bond motifs is 1.